The SMILES string of the molecule is Cn1cc(S(=O)(=O)NCc2ccccc2C#CCO)cn1. The van der Waals surface area contributed by atoms with Crippen molar-refractivity contribution in [3.63, 3.8) is 0 Å². The van der Waals surface area contributed by atoms with Gasteiger partial charge in [0.15, 0.2) is 0 Å². The largest absolute Gasteiger partial charge is 0.384 e. The Balaban J connectivity index is 2.17. The molecule has 2 rings (SSSR count). The molecule has 0 aliphatic rings. The molecule has 0 atom stereocenters. The van der Waals surface area contributed by atoms with Crippen molar-refractivity contribution in [2.45, 2.75) is 11.4 Å². The Bertz CT molecular complexity index is 785. The summed E-state index contributed by atoms with van der Waals surface area (Å²) in [5.41, 5.74) is 1.42. The zero-order valence-corrected chi connectivity index (χ0v) is 12.3. The van der Waals surface area contributed by atoms with Crippen LogP contribution >= 0.6 is 0 Å². The topological polar surface area (TPSA) is 84.2 Å². The Morgan fingerprint density at radius 2 is 2.14 bits per heavy atom. The number of rotatable bonds is 4. The lowest BCUT2D eigenvalue weighted by Crippen LogP contribution is -2.23. The minimum absolute atomic E-state index is 0.115. The van der Waals surface area contributed by atoms with Crippen molar-refractivity contribution in [3.8, 4) is 11.8 Å². The van der Waals surface area contributed by atoms with Gasteiger partial charge in [-0.15, -0.1) is 0 Å². The number of aliphatic hydroxyl groups excluding tert-OH is 1. The summed E-state index contributed by atoms with van der Waals surface area (Å²) in [6.45, 7) is -0.122. The van der Waals surface area contributed by atoms with E-state index >= 15 is 0 Å². The van der Waals surface area contributed by atoms with E-state index in [-0.39, 0.29) is 18.0 Å². The molecule has 1 heterocycles. The highest BCUT2D eigenvalue weighted by Gasteiger charge is 2.16. The summed E-state index contributed by atoms with van der Waals surface area (Å²) in [7, 11) is -1.95. The van der Waals surface area contributed by atoms with E-state index < -0.39 is 10.0 Å². The molecule has 110 valence electrons. The number of sulfonamides is 1. The number of hydrogen-bond donors (Lipinski definition) is 2. The van der Waals surface area contributed by atoms with Gasteiger partial charge in [0.25, 0.3) is 0 Å². The summed E-state index contributed by atoms with van der Waals surface area (Å²) in [5.74, 6) is 5.34. The molecule has 0 saturated carbocycles. The lowest BCUT2D eigenvalue weighted by Gasteiger charge is -2.06. The van der Waals surface area contributed by atoms with E-state index in [9.17, 15) is 8.42 Å². The predicted molar refractivity (Wildman–Crippen MR) is 77.6 cm³/mol. The van der Waals surface area contributed by atoms with Gasteiger partial charge in [0.2, 0.25) is 10.0 Å². The highest BCUT2D eigenvalue weighted by molar-refractivity contribution is 7.89. The maximum Gasteiger partial charge on any atom is 0.243 e. The number of nitrogens with zero attached hydrogens (tertiary/aromatic N) is 2. The van der Waals surface area contributed by atoms with E-state index in [1.807, 2.05) is 0 Å². The van der Waals surface area contributed by atoms with Crippen LogP contribution in [0, 0.1) is 11.8 Å². The second kappa shape index (κ2) is 6.54. The van der Waals surface area contributed by atoms with Gasteiger partial charge in [-0.05, 0) is 11.6 Å². The van der Waals surface area contributed by atoms with Gasteiger partial charge in [-0.2, -0.15) is 5.10 Å². The van der Waals surface area contributed by atoms with Gasteiger partial charge in [0, 0.05) is 25.4 Å². The Hall–Kier alpha value is -2.14. The van der Waals surface area contributed by atoms with Crippen molar-refractivity contribution < 1.29 is 13.5 Å². The molecule has 0 bridgehead atoms. The van der Waals surface area contributed by atoms with Crippen LogP contribution < -0.4 is 4.72 Å². The zero-order valence-electron chi connectivity index (χ0n) is 11.4. The molecule has 21 heavy (non-hydrogen) atoms. The van der Waals surface area contributed by atoms with Crippen molar-refractivity contribution in [1.29, 1.82) is 0 Å². The Kier molecular flexibility index (Phi) is 4.75. The van der Waals surface area contributed by atoms with E-state index in [1.54, 1.807) is 31.3 Å². The average molecular weight is 305 g/mol. The van der Waals surface area contributed by atoms with Crippen molar-refractivity contribution in [3.05, 3.63) is 47.8 Å². The van der Waals surface area contributed by atoms with Crippen LogP contribution in [0.1, 0.15) is 11.1 Å². The van der Waals surface area contributed by atoms with Crippen LogP contribution in [-0.4, -0.2) is 29.9 Å². The van der Waals surface area contributed by atoms with E-state index in [0.717, 1.165) is 5.56 Å². The quantitative estimate of drug-likeness (QED) is 0.793. The van der Waals surface area contributed by atoms with Gasteiger partial charge >= 0.3 is 0 Å². The Labute approximate surface area is 123 Å². The monoisotopic (exact) mass is 305 g/mol. The lowest BCUT2D eigenvalue weighted by molar-refractivity contribution is 0.350. The number of hydrogen-bond acceptors (Lipinski definition) is 4. The summed E-state index contributed by atoms with van der Waals surface area (Å²) < 4.78 is 28.1. The molecule has 0 aliphatic heterocycles. The summed E-state index contributed by atoms with van der Waals surface area (Å²) >= 11 is 0. The Morgan fingerprint density at radius 3 is 2.81 bits per heavy atom. The number of benzene rings is 1. The van der Waals surface area contributed by atoms with Gasteiger partial charge in [-0.3, -0.25) is 4.68 Å². The normalized spacial score (nSPS) is 11.0. The molecule has 2 N–H and O–H groups in total. The minimum atomic E-state index is -3.61. The van der Waals surface area contributed by atoms with Crippen molar-refractivity contribution >= 4 is 10.0 Å². The molecule has 1 aromatic heterocycles. The fourth-order valence-corrected chi connectivity index (χ4v) is 2.71. The van der Waals surface area contributed by atoms with Crippen molar-refractivity contribution in [2.24, 2.45) is 7.05 Å². The lowest BCUT2D eigenvalue weighted by atomic mass is 10.1. The first kappa shape index (κ1) is 15.3. The molecular weight excluding hydrogens is 290 g/mol. The third-order valence-electron chi connectivity index (χ3n) is 2.76. The minimum Gasteiger partial charge on any atom is -0.384 e. The van der Waals surface area contributed by atoms with E-state index in [1.165, 1.54) is 17.1 Å². The molecule has 1 aromatic carbocycles. The second-order valence-electron chi connectivity index (χ2n) is 4.29. The molecule has 6 nitrogen and oxygen atoms in total. The molecule has 0 unspecified atom stereocenters. The zero-order chi connectivity index (χ0) is 15.3. The van der Waals surface area contributed by atoms with Crippen LogP contribution in [0.2, 0.25) is 0 Å². The second-order valence-corrected chi connectivity index (χ2v) is 6.06. The van der Waals surface area contributed by atoms with Crippen LogP contribution in [0.4, 0.5) is 0 Å². The first-order valence-electron chi connectivity index (χ1n) is 6.19. The summed E-state index contributed by atoms with van der Waals surface area (Å²) in [6.07, 6.45) is 2.72. The Morgan fingerprint density at radius 1 is 1.38 bits per heavy atom. The molecule has 2 aromatic rings. The van der Waals surface area contributed by atoms with E-state index in [4.69, 9.17) is 5.11 Å². The maximum absolute atomic E-state index is 12.1. The summed E-state index contributed by atoms with van der Waals surface area (Å²) in [6, 6.07) is 7.17. The van der Waals surface area contributed by atoms with Gasteiger partial charge in [0.1, 0.15) is 11.5 Å². The molecule has 0 amide bonds. The summed E-state index contributed by atoms with van der Waals surface area (Å²) in [4.78, 5) is 0.115. The van der Waals surface area contributed by atoms with Crippen LogP contribution in [0.3, 0.4) is 0 Å². The first-order chi connectivity index (χ1) is 10.0. The van der Waals surface area contributed by atoms with Gasteiger partial charge in [-0.1, -0.05) is 30.0 Å². The first-order valence-corrected chi connectivity index (χ1v) is 7.67. The van der Waals surface area contributed by atoms with Gasteiger partial charge < -0.3 is 5.11 Å². The summed E-state index contributed by atoms with van der Waals surface area (Å²) in [5, 5.41) is 12.6. The van der Waals surface area contributed by atoms with Crippen LogP contribution in [0.15, 0.2) is 41.6 Å². The van der Waals surface area contributed by atoms with Crippen molar-refractivity contribution in [1.82, 2.24) is 14.5 Å². The maximum atomic E-state index is 12.1. The molecule has 0 saturated heterocycles. The number of aromatic nitrogens is 2. The number of aliphatic hydroxyl groups is 1. The van der Waals surface area contributed by atoms with Gasteiger partial charge in [0.05, 0.1) is 6.20 Å². The van der Waals surface area contributed by atoms with Crippen LogP contribution in [0.25, 0.3) is 0 Å². The number of nitrogens with one attached hydrogen (secondary N) is 1. The van der Waals surface area contributed by atoms with Gasteiger partial charge in [-0.25, -0.2) is 13.1 Å². The molecular formula is C14H15N3O3S. The third-order valence-corrected chi connectivity index (χ3v) is 4.12. The highest BCUT2D eigenvalue weighted by atomic mass is 32.2. The molecule has 7 heteroatoms. The smallest absolute Gasteiger partial charge is 0.243 e. The third kappa shape index (κ3) is 3.92. The van der Waals surface area contributed by atoms with Crippen LogP contribution in [-0.2, 0) is 23.6 Å². The molecule has 0 radical (unpaired) electrons. The fraction of sp³-hybridized carbons (Fsp3) is 0.214. The van der Waals surface area contributed by atoms with Crippen LogP contribution in [0.5, 0.6) is 0 Å². The van der Waals surface area contributed by atoms with E-state index in [0.29, 0.717) is 5.56 Å². The molecule has 0 spiro atoms. The average Bonchev–Trinajstić information content (AvgIpc) is 2.91. The fourth-order valence-electron chi connectivity index (χ4n) is 1.72. The standard InChI is InChI=1S/C14H15N3O3S/c1-17-11-14(10-15-17)21(19,20)16-9-13-6-3-2-5-12(13)7-4-8-18/h2-3,5-6,10-11,16,18H,8-9H2,1H3. The van der Waals surface area contributed by atoms with Crippen molar-refractivity contribution in [2.75, 3.05) is 6.61 Å². The molecule has 0 aliphatic carbocycles. The number of aryl methyl sites for hydroxylation is 1. The van der Waals surface area contributed by atoms with E-state index in [2.05, 4.69) is 21.7 Å². The predicted octanol–water partition coefficient (Wildman–Crippen LogP) is 0.242. The highest BCUT2D eigenvalue weighted by Crippen LogP contribution is 2.10. The molecule has 0 fully saturated rings.